The SMILES string of the molecule is CCCN(C=O)N1CCOCC1. The maximum Gasteiger partial charge on any atom is 0.224 e. The van der Waals surface area contributed by atoms with E-state index in [2.05, 4.69) is 6.92 Å². The summed E-state index contributed by atoms with van der Waals surface area (Å²) in [5.41, 5.74) is 0. The number of hydrazine groups is 1. The van der Waals surface area contributed by atoms with E-state index in [4.69, 9.17) is 4.74 Å². The zero-order valence-electron chi connectivity index (χ0n) is 7.53. The molecule has 4 heteroatoms. The van der Waals surface area contributed by atoms with Crippen LogP contribution in [0.4, 0.5) is 0 Å². The molecule has 4 nitrogen and oxygen atoms in total. The third-order valence-electron chi connectivity index (χ3n) is 1.93. The van der Waals surface area contributed by atoms with Crippen LogP contribution in [0.3, 0.4) is 0 Å². The van der Waals surface area contributed by atoms with Crippen molar-refractivity contribution >= 4 is 6.41 Å². The molecule has 0 aromatic carbocycles. The van der Waals surface area contributed by atoms with Gasteiger partial charge >= 0.3 is 0 Å². The van der Waals surface area contributed by atoms with Gasteiger partial charge in [-0.1, -0.05) is 6.92 Å². The molecule has 0 bridgehead atoms. The molecule has 1 aliphatic heterocycles. The van der Waals surface area contributed by atoms with Crippen LogP contribution in [0, 0.1) is 0 Å². The van der Waals surface area contributed by atoms with E-state index < -0.39 is 0 Å². The molecule has 0 N–H and O–H groups in total. The number of rotatable bonds is 4. The number of carbonyl (C=O) groups is 1. The molecule has 0 aromatic heterocycles. The first kappa shape index (κ1) is 9.48. The number of hydrogen-bond acceptors (Lipinski definition) is 3. The van der Waals surface area contributed by atoms with Gasteiger partial charge in [0, 0.05) is 19.6 Å². The molecule has 1 amide bonds. The smallest absolute Gasteiger partial charge is 0.224 e. The van der Waals surface area contributed by atoms with E-state index in [1.165, 1.54) is 0 Å². The Morgan fingerprint density at radius 1 is 1.50 bits per heavy atom. The molecule has 12 heavy (non-hydrogen) atoms. The standard InChI is InChI=1S/C8H16N2O2/c1-2-3-10(8-11)9-4-6-12-7-5-9/h8H,2-7H2,1H3. The van der Waals surface area contributed by atoms with E-state index in [0.717, 1.165) is 45.7 Å². The zero-order chi connectivity index (χ0) is 8.81. The van der Waals surface area contributed by atoms with Crippen LogP contribution in [-0.4, -0.2) is 49.3 Å². The minimum absolute atomic E-state index is 0.730. The third kappa shape index (κ3) is 2.46. The summed E-state index contributed by atoms with van der Waals surface area (Å²) in [7, 11) is 0. The summed E-state index contributed by atoms with van der Waals surface area (Å²) in [6.45, 7) is 6.00. The monoisotopic (exact) mass is 172 g/mol. The average molecular weight is 172 g/mol. The van der Waals surface area contributed by atoms with Gasteiger partial charge in [-0.3, -0.25) is 9.80 Å². The topological polar surface area (TPSA) is 32.8 Å². The molecule has 1 fully saturated rings. The van der Waals surface area contributed by atoms with Gasteiger partial charge in [-0.15, -0.1) is 0 Å². The van der Waals surface area contributed by atoms with E-state index in [9.17, 15) is 4.79 Å². The fourth-order valence-corrected chi connectivity index (χ4v) is 1.30. The van der Waals surface area contributed by atoms with Crippen molar-refractivity contribution in [2.75, 3.05) is 32.8 Å². The van der Waals surface area contributed by atoms with Crippen molar-refractivity contribution in [3.05, 3.63) is 0 Å². The number of ether oxygens (including phenoxy) is 1. The summed E-state index contributed by atoms with van der Waals surface area (Å²) in [6, 6.07) is 0. The number of hydrogen-bond donors (Lipinski definition) is 0. The first-order valence-corrected chi connectivity index (χ1v) is 4.43. The van der Waals surface area contributed by atoms with Gasteiger partial charge in [0.15, 0.2) is 0 Å². The van der Waals surface area contributed by atoms with Crippen LogP contribution in [0.15, 0.2) is 0 Å². The van der Waals surface area contributed by atoms with Crippen molar-refractivity contribution in [1.82, 2.24) is 10.0 Å². The molecule has 1 heterocycles. The summed E-state index contributed by atoms with van der Waals surface area (Å²) in [6.07, 6.45) is 1.89. The van der Waals surface area contributed by atoms with E-state index in [1.54, 1.807) is 5.01 Å². The highest BCUT2D eigenvalue weighted by molar-refractivity contribution is 5.46. The Bertz CT molecular complexity index is 135. The van der Waals surface area contributed by atoms with Gasteiger partial charge in [0.05, 0.1) is 13.2 Å². The molecule has 0 unspecified atom stereocenters. The van der Waals surface area contributed by atoms with Crippen molar-refractivity contribution in [2.45, 2.75) is 13.3 Å². The fraction of sp³-hybridized carbons (Fsp3) is 0.875. The minimum Gasteiger partial charge on any atom is -0.379 e. The van der Waals surface area contributed by atoms with E-state index in [1.807, 2.05) is 5.01 Å². The Labute approximate surface area is 73.1 Å². The molecular formula is C8H16N2O2. The molecule has 0 aromatic rings. The lowest BCUT2D eigenvalue weighted by Gasteiger charge is -2.34. The largest absolute Gasteiger partial charge is 0.379 e. The minimum atomic E-state index is 0.730. The molecule has 70 valence electrons. The maximum atomic E-state index is 10.6. The van der Waals surface area contributed by atoms with E-state index >= 15 is 0 Å². The highest BCUT2D eigenvalue weighted by Gasteiger charge is 2.15. The normalized spacial score (nSPS) is 19.1. The van der Waals surface area contributed by atoms with Crippen molar-refractivity contribution in [3.63, 3.8) is 0 Å². The highest BCUT2D eigenvalue weighted by Crippen LogP contribution is 2.01. The van der Waals surface area contributed by atoms with Gasteiger partial charge in [0.2, 0.25) is 6.41 Å². The number of nitrogens with zero attached hydrogens (tertiary/aromatic N) is 2. The summed E-state index contributed by atoms with van der Waals surface area (Å²) < 4.78 is 5.19. The Kier molecular flexibility index (Phi) is 4.04. The third-order valence-corrected chi connectivity index (χ3v) is 1.93. The predicted molar refractivity (Wildman–Crippen MR) is 45.5 cm³/mol. The van der Waals surface area contributed by atoms with E-state index in [0.29, 0.717) is 0 Å². The molecule has 1 saturated heterocycles. The molecule has 0 saturated carbocycles. The van der Waals surface area contributed by atoms with Gasteiger partial charge in [-0.05, 0) is 6.42 Å². The van der Waals surface area contributed by atoms with Gasteiger partial charge in [0.25, 0.3) is 0 Å². The Morgan fingerprint density at radius 3 is 2.67 bits per heavy atom. The Balaban J connectivity index is 2.34. The lowest BCUT2D eigenvalue weighted by Crippen LogP contribution is -2.48. The van der Waals surface area contributed by atoms with E-state index in [-0.39, 0.29) is 0 Å². The van der Waals surface area contributed by atoms with Crippen LogP contribution in [0.25, 0.3) is 0 Å². The van der Waals surface area contributed by atoms with Crippen LogP contribution in [0.5, 0.6) is 0 Å². The quantitative estimate of drug-likeness (QED) is 0.564. The Morgan fingerprint density at radius 2 is 2.17 bits per heavy atom. The molecule has 0 aliphatic carbocycles. The second-order valence-corrected chi connectivity index (χ2v) is 2.83. The maximum absolute atomic E-state index is 10.6. The first-order valence-electron chi connectivity index (χ1n) is 4.43. The van der Waals surface area contributed by atoms with Crippen molar-refractivity contribution < 1.29 is 9.53 Å². The summed E-state index contributed by atoms with van der Waals surface area (Å²) in [5, 5.41) is 3.78. The van der Waals surface area contributed by atoms with Gasteiger partial charge in [0.1, 0.15) is 0 Å². The molecule has 0 atom stereocenters. The lowest BCUT2D eigenvalue weighted by molar-refractivity contribution is -0.142. The molecule has 0 radical (unpaired) electrons. The molecule has 0 spiro atoms. The van der Waals surface area contributed by atoms with Gasteiger partial charge in [-0.25, -0.2) is 5.01 Å². The van der Waals surface area contributed by atoms with Crippen molar-refractivity contribution in [3.8, 4) is 0 Å². The fourth-order valence-electron chi connectivity index (χ4n) is 1.30. The van der Waals surface area contributed by atoms with Crippen LogP contribution >= 0.6 is 0 Å². The second-order valence-electron chi connectivity index (χ2n) is 2.83. The van der Waals surface area contributed by atoms with Gasteiger partial charge < -0.3 is 4.74 Å². The summed E-state index contributed by atoms with van der Waals surface area (Å²) >= 11 is 0. The molecule has 1 aliphatic rings. The number of morpholine rings is 1. The average Bonchev–Trinajstić information content (AvgIpc) is 2.15. The number of amides is 1. The van der Waals surface area contributed by atoms with Crippen LogP contribution in [0.2, 0.25) is 0 Å². The van der Waals surface area contributed by atoms with Crippen molar-refractivity contribution in [2.24, 2.45) is 0 Å². The lowest BCUT2D eigenvalue weighted by atomic mass is 10.4. The van der Waals surface area contributed by atoms with Gasteiger partial charge in [-0.2, -0.15) is 0 Å². The summed E-state index contributed by atoms with van der Waals surface area (Å²) in [4.78, 5) is 10.6. The Hall–Kier alpha value is -0.610. The summed E-state index contributed by atoms with van der Waals surface area (Å²) in [5.74, 6) is 0. The second kappa shape index (κ2) is 5.11. The molecule has 1 rings (SSSR count). The first-order chi connectivity index (χ1) is 5.88. The zero-order valence-corrected chi connectivity index (χ0v) is 7.53. The van der Waals surface area contributed by atoms with Crippen LogP contribution in [-0.2, 0) is 9.53 Å². The highest BCUT2D eigenvalue weighted by atomic mass is 16.5. The predicted octanol–water partition coefficient (Wildman–Crippen LogP) is 0.102. The van der Waals surface area contributed by atoms with Crippen molar-refractivity contribution in [1.29, 1.82) is 0 Å². The molecular weight excluding hydrogens is 156 g/mol. The van der Waals surface area contributed by atoms with Crippen LogP contribution in [0.1, 0.15) is 13.3 Å². The number of carbonyl (C=O) groups excluding carboxylic acids is 1. The van der Waals surface area contributed by atoms with Crippen LogP contribution < -0.4 is 0 Å².